The maximum absolute atomic E-state index is 14.8. The molecule has 2 aromatic rings. The van der Waals surface area contributed by atoms with Crippen molar-refractivity contribution in [3.8, 4) is 0 Å². The Bertz CT molecular complexity index is 1130. The van der Waals surface area contributed by atoms with Crippen molar-refractivity contribution in [3.63, 3.8) is 0 Å². The van der Waals surface area contributed by atoms with Crippen LogP contribution in [0.5, 0.6) is 0 Å². The van der Waals surface area contributed by atoms with Crippen LogP contribution in [0.2, 0.25) is 0 Å². The van der Waals surface area contributed by atoms with Gasteiger partial charge in [0, 0.05) is 30.8 Å². The molecule has 0 aromatic heterocycles. The first-order valence-corrected chi connectivity index (χ1v) is 12.5. The lowest BCUT2D eigenvalue weighted by Crippen LogP contribution is -2.49. The van der Waals surface area contributed by atoms with Crippen LogP contribution in [0.15, 0.2) is 65.4 Å². The van der Waals surface area contributed by atoms with Crippen molar-refractivity contribution in [3.05, 3.63) is 83.1 Å². The van der Waals surface area contributed by atoms with Gasteiger partial charge in [0.05, 0.1) is 7.11 Å². The minimum Gasteiger partial charge on any atom is -0.386 e. The van der Waals surface area contributed by atoms with Crippen LogP contribution in [0.25, 0.3) is 0 Å². The normalized spacial score (nSPS) is 20.8. The van der Waals surface area contributed by atoms with E-state index in [0.29, 0.717) is 6.42 Å². The summed E-state index contributed by atoms with van der Waals surface area (Å²) in [5, 5.41) is 10.8. The Morgan fingerprint density at radius 3 is 2.71 bits per heavy atom. The van der Waals surface area contributed by atoms with Gasteiger partial charge < -0.3 is 5.32 Å². The molecule has 1 aliphatic heterocycles. The van der Waals surface area contributed by atoms with E-state index >= 15 is 0 Å². The molecule has 0 spiro atoms. The number of hydroxylamine groups is 2. The lowest BCUT2D eigenvalue weighted by molar-refractivity contribution is -0.0807. The third-order valence-electron chi connectivity index (χ3n) is 6.21. The number of carbonyl (C=O) groups excluding carboxylic acids is 1. The second-order valence-corrected chi connectivity index (χ2v) is 10.0. The van der Waals surface area contributed by atoms with Crippen molar-refractivity contribution in [1.29, 1.82) is 0 Å². The summed E-state index contributed by atoms with van der Waals surface area (Å²) in [6.07, 6.45) is 7.05. The average Bonchev–Trinajstić information content (AvgIpc) is 3.25. The average molecular weight is 501 g/mol. The number of hydrogen-bond donors (Lipinski definition) is 1. The van der Waals surface area contributed by atoms with Crippen molar-refractivity contribution in [2.45, 2.75) is 49.9 Å². The van der Waals surface area contributed by atoms with E-state index in [1.807, 2.05) is 30.3 Å². The maximum atomic E-state index is 14.8. The molecule has 0 saturated carbocycles. The Kier molecular flexibility index (Phi) is 7.76. The number of benzene rings is 2. The maximum Gasteiger partial charge on any atom is 0.365 e. The van der Waals surface area contributed by atoms with Gasteiger partial charge in [0.25, 0.3) is 0 Å². The fraction of sp³-hybridized carbons (Fsp3) is 0.385. The number of rotatable bonds is 7. The summed E-state index contributed by atoms with van der Waals surface area (Å²) in [5.41, 5.74) is 2.03. The molecule has 0 fully saturated rings. The van der Waals surface area contributed by atoms with Gasteiger partial charge in [0.1, 0.15) is 21.5 Å². The van der Waals surface area contributed by atoms with Crippen molar-refractivity contribution in [2.75, 3.05) is 14.2 Å². The summed E-state index contributed by atoms with van der Waals surface area (Å²) in [5.74, 6) is -1.18. The molecule has 1 aliphatic carbocycles. The molecule has 4 rings (SSSR count). The van der Waals surface area contributed by atoms with Gasteiger partial charge in [0.15, 0.2) is 0 Å². The van der Waals surface area contributed by atoms with Crippen LogP contribution in [0.3, 0.4) is 0 Å². The predicted molar refractivity (Wildman–Crippen MR) is 134 cm³/mol. The fourth-order valence-electron chi connectivity index (χ4n) is 4.45. The van der Waals surface area contributed by atoms with Gasteiger partial charge in [-0.3, -0.25) is 4.84 Å². The van der Waals surface area contributed by atoms with Crippen LogP contribution in [0.4, 0.5) is 13.6 Å². The zero-order chi connectivity index (χ0) is 25.0. The van der Waals surface area contributed by atoms with Crippen LogP contribution in [-0.2, 0) is 9.71 Å². The molecule has 6 nitrogen and oxygen atoms in total. The summed E-state index contributed by atoms with van der Waals surface area (Å²) >= 11 is 1.25. The van der Waals surface area contributed by atoms with Gasteiger partial charge in [-0.1, -0.05) is 48.2 Å². The smallest absolute Gasteiger partial charge is 0.365 e. The Hall–Kier alpha value is -2.91. The highest BCUT2D eigenvalue weighted by Crippen LogP contribution is 2.51. The molecule has 1 N–H and O–H groups in total. The molecule has 186 valence electrons. The van der Waals surface area contributed by atoms with E-state index in [0.717, 1.165) is 48.1 Å². The van der Waals surface area contributed by atoms with Crippen LogP contribution >= 0.6 is 11.8 Å². The number of carbonyl (C=O) groups is 1. The molecule has 2 atom stereocenters. The quantitative estimate of drug-likeness (QED) is 0.476. The van der Waals surface area contributed by atoms with Gasteiger partial charge in [-0.25, -0.2) is 18.6 Å². The molecule has 2 aromatic carbocycles. The first-order valence-electron chi connectivity index (χ1n) is 11.7. The van der Waals surface area contributed by atoms with Gasteiger partial charge in [-0.2, -0.15) is 10.1 Å². The molecule has 9 heteroatoms. The Labute approximate surface area is 209 Å². The van der Waals surface area contributed by atoms with E-state index in [2.05, 4.69) is 23.4 Å². The number of allylic oxidation sites excluding steroid dienone is 2. The van der Waals surface area contributed by atoms with Crippen LogP contribution in [0, 0.1) is 11.6 Å². The summed E-state index contributed by atoms with van der Waals surface area (Å²) in [4.78, 5) is 17.6. The number of hydrazone groups is 1. The number of urea groups is 1. The van der Waals surface area contributed by atoms with Crippen LogP contribution < -0.4 is 5.32 Å². The van der Waals surface area contributed by atoms with Gasteiger partial charge in [0.2, 0.25) is 0 Å². The third-order valence-corrected chi connectivity index (χ3v) is 7.62. The summed E-state index contributed by atoms with van der Waals surface area (Å²) in [6.45, 7) is 2.06. The highest BCUT2D eigenvalue weighted by Gasteiger charge is 2.51. The first kappa shape index (κ1) is 25.2. The molecule has 35 heavy (non-hydrogen) atoms. The van der Waals surface area contributed by atoms with E-state index in [9.17, 15) is 13.6 Å². The molecular formula is C26H30F2N4O2S. The topological polar surface area (TPSA) is 57.2 Å². The van der Waals surface area contributed by atoms with Gasteiger partial charge >= 0.3 is 6.03 Å². The van der Waals surface area contributed by atoms with E-state index < -0.39 is 22.5 Å². The van der Waals surface area contributed by atoms with Gasteiger partial charge in [-0.05, 0) is 56.4 Å². The molecule has 0 saturated heterocycles. The Morgan fingerprint density at radius 1 is 1.26 bits per heavy atom. The number of thioether (sulfide) groups is 1. The molecule has 2 unspecified atom stereocenters. The third kappa shape index (κ3) is 5.36. The number of halogens is 2. The van der Waals surface area contributed by atoms with Crippen LogP contribution in [-0.4, -0.2) is 41.3 Å². The lowest BCUT2D eigenvalue weighted by Gasteiger charge is -2.39. The van der Waals surface area contributed by atoms with Gasteiger partial charge in [-0.15, -0.1) is 0 Å². The number of amides is 2. The first-order chi connectivity index (χ1) is 16.8. The number of nitrogens with zero attached hydrogens (tertiary/aromatic N) is 3. The molecule has 2 amide bonds. The fourth-order valence-corrected chi connectivity index (χ4v) is 5.95. The zero-order valence-electron chi connectivity index (χ0n) is 20.1. The van der Waals surface area contributed by atoms with Crippen molar-refractivity contribution < 1.29 is 18.4 Å². The van der Waals surface area contributed by atoms with Crippen molar-refractivity contribution in [2.24, 2.45) is 5.10 Å². The summed E-state index contributed by atoms with van der Waals surface area (Å²) in [7, 11) is 2.88. The second kappa shape index (κ2) is 10.8. The zero-order valence-corrected chi connectivity index (χ0v) is 20.9. The van der Waals surface area contributed by atoms with E-state index in [-0.39, 0.29) is 16.6 Å². The molecular weight excluding hydrogens is 470 g/mol. The molecule has 2 aliphatic rings. The second-order valence-electron chi connectivity index (χ2n) is 8.78. The largest absolute Gasteiger partial charge is 0.386 e. The Balaban J connectivity index is 1.78. The van der Waals surface area contributed by atoms with E-state index in [1.54, 1.807) is 0 Å². The monoisotopic (exact) mass is 500 g/mol. The number of hydrogen-bond acceptors (Lipinski definition) is 5. The number of nitrogens with one attached hydrogen (secondary N) is 1. The standard InChI is InChI=1S/C26H30F2N4O2S/c1-18(29-21-12-8-5-9-13-21)17-26(19-10-6-4-7-11-19)32(25(33)31(2)34-3)30-24(35-26)22-16-20(27)14-15-23(22)28/h4,6-7,10-12,14-16,18,29H,5,8-9,13,17H2,1-3H3. The highest BCUT2D eigenvalue weighted by atomic mass is 32.2. The van der Waals surface area contributed by atoms with E-state index in [4.69, 9.17) is 4.84 Å². The minimum atomic E-state index is -1.01. The van der Waals surface area contributed by atoms with Crippen LogP contribution in [0.1, 0.15) is 50.2 Å². The lowest BCUT2D eigenvalue weighted by atomic mass is 9.97. The highest BCUT2D eigenvalue weighted by molar-refractivity contribution is 8.15. The van der Waals surface area contributed by atoms with Crippen molar-refractivity contribution >= 4 is 22.8 Å². The molecule has 0 radical (unpaired) electrons. The summed E-state index contributed by atoms with van der Waals surface area (Å²) in [6, 6.07) is 12.2. The summed E-state index contributed by atoms with van der Waals surface area (Å²) < 4.78 is 28.9. The molecule has 1 heterocycles. The van der Waals surface area contributed by atoms with E-state index in [1.165, 1.54) is 43.0 Å². The van der Waals surface area contributed by atoms with Crippen molar-refractivity contribution in [1.82, 2.24) is 15.4 Å². The molecule has 0 bridgehead atoms. The predicted octanol–water partition coefficient (Wildman–Crippen LogP) is 5.97. The SMILES string of the molecule is CON(C)C(=O)N1N=C(c2cc(F)ccc2F)SC1(CC(C)NC1=CCCCC1)c1ccccc1. The Morgan fingerprint density at radius 2 is 2.03 bits per heavy atom. The minimum absolute atomic E-state index is 0.0151.